The Morgan fingerprint density at radius 1 is 0.966 bits per heavy atom. The van der Waals surface area contributed by atoms with E-state index in [-0.39, 0.29) is 0 Å². The average molecular weight is 455 g/mol. The van der Waals surface area contributed by atoms with E-state index in [0.717, 1.165) is 62.7 Å². The Morgan fingerprint density at radius 2 is 1.72 bits per heavy atom. The maximum absolute atomic E-state index is 6.24. The van der Waals surface area contributed by atoms with E-state index < -0.39 is 0 Å². The molecule has 29 heavy (non-hydrogen) atoms. The number of aryl methyl sites for hydroxylation is 1. The summed E-state index contributed by atoms with van der Waals surface area (Å²) in [7, 11) is 0. The highest BCUT2D eigenvalue weighted by molar-refractivity contribution is 6.35. The second kappa shape index (κ2) is 9.54. The molecule has 8 heteroatoms. The van der Waals surface area contributed by atoms with Crippen LogP contribution in [0.25, 0.3) is 11.0 Å². The van der Waals surface area contributed by atoms with Gasteiger partial charge in [0.05, 0.1) is 29.3 Å². The van der Waals surface area contributed by atoms with Gasteiger partial charge in [0.1, 0.15) is 18.2 Å². The molecule has 0 N–H and O–H groups in total. The highest BCUT2D eigenvalue weighted by Gasteiger charge is 2.15. The summed E-state index contributed by atoms with van der Waals surface area (Å²) in [5.74, 6) is 1.43. The van der Waals surface area contributed by atoms with E-state index in [2.05, 4.69) is 9.47 Å². The number of aromatic nitrogens is 2. The van der Waals surface area contributed by atoms with Gasteiger partial charge in [-0.2, -0.15) is 0 Å². The van der Waals surface area contributed by atoms with Crippen LogP contribution in [0.5, 0.6) is 5.75 Å². The van der Waals surface area contributed by atoms with Gasteiger partial charge in [-0.15, -0.1) is 0 Å². The van der Waals surface area contributed by atoms with Gasteiger partial charge in [-0.05, 0) is 42.8 Å². The molecule has 0 aliphatic carbocycles. The standard InChI is InChI=1S/C21H22Cl3N3O2/c22-15-3-5-20(17(24)12-15)29-14-21-25-18-4-2-16(23)13-19(18)27(21)7-1-6-26-8-10-28-11-9-26/h2-5,12-13H,1,6-11,14H2. The first-order valence-electron chi connectivity index (χ1n) is 9.63. The molecular formula is C21H22Cl3N3O2. The lowest BCUT2D eigenvalue weighted by molar-refractivity contribution is 0.0369. The van der Waals surface area contributed by atoms with Crippen molar-refractivity contribution >= 4 is 45.8 Å². The van der Waals surface area contributed by atoms with E-state index in [4.69, 9.17) is 49.3 Å². The molecule has 0 unspecified atom stereocenters. The average Bonchev–Trinajstić information content (AvgIpc) is 3.05. The highest BCUT2D eigenvalue weighted by atomic mass is 35.5. The van der Waals surface area contributed by atoms with E-state index in [1.807, 2.05) is 18.2 Å². The van der Waals surface area contributed by atoms with E-state index in [9.17, 15) is 0 Å². The molecule has 0 saturated carbocycles. The Labute approximate surface area is 185 Å². The number of hydrogen-bond donors (Lipinski definition) is 0. The van der Waals surface area contributed by atoms with E-state index in [0.29, 0.717) is 27.4 Å². The number of morpholine rings is 1. The molecule has 0 radical (unpaired) electrons. The third-order valence-corrected chi connectivity index (χ3v) is 5.77. The molecule has 2 heterocycles. The van der Waals surface area contributed by atoms with Crippen LogP contribution in [-0.4, -0.2) is 47.3 Å². The first-order valence-corrected chi connectivity index (χ1v) is 10.8. The zero-order valence-corrected chi connectivity index (χ0v) is 18.2. The second-order valence-electron chi connectivity index (χ2n) is 6.98. The van der Waals surface area contributed by atoms with Crippen LogP contribution in [0.3, 0.4) is 0 Å². The smallest absolute Gasteiger partial charge is 0.148 e. The lowest BCUT2D eigenvalue weighted by Crippen LogP contribution is -2.37. The van der Waals surface area contributed by atoms with E-state index in [1.54, 1.807) is 18.2 Å². The monoisotopic (exact) mass is 453 g/mol. The van der Waals surface area contributed by atoms with Crippen LogP contribution >= 0.6 is 34.8 Å². The largest absolute Gasteiger partial charge is 0.484 e. The van der Waals surface area contributed by atoms with Crippen LogP contribution in [-0.2, 0) is 17.9 Å². The molecular weight excluding hydrogens is 433 g/mol. The topological polar surface area (TPSA) is 39.5 Å². The SMILES string of the molecule is Clc1ccc(OCc2nc3ccc(Cl)cc3n2CCCN2CCOCC2)c(Cl)c1. The van der Waals surface area contributed by atoms with Crippen molar-refractivity contribution in [3.63, 3.8) is 0 Å². The van der Waals surface area contributed by atoms with Crippen molar-refractivity contribution < 1.29 is 9.47 Å². The predicted octanol–water partition coefficient (Wildman–Crippen LogP) is 5.30. The number of imidazole rings is 1. The maximum atomic E-state index is 6.24. The van der Waals surface area contributed by atoms with E-state index >= 15 is 0 Å². The molecule has 0 atom stereocenters. The summed E-state index contributed by atoms with van der Waals surface area (Å²) in [5.41, 5.74) is 1.92. The van der Waals surface area contributed by atoms with Gasteiger partial charge < -0.3 is 14.0 Å². The molecule has 4 rings (SSSR count). The second-order valence-corrected chi connectivity index (χ2v) is 8.26. The fourth-order valence-corrected chi connectivity index (χ4v) is 4.15. The summed E-state index contributed by atoms with van der Waals surface area (Å²) in [6, 6.07) is 11.0. The molecule has 5 nitrogen and oxygen atoms in total. The van der Waals surface area contributed by atoms with Gasteiger partial charge in [0.25, 0.3) is 0 Å². The molecule has 154 valence electrons. The molecule has 1 fully saturated rings. The Morgan fingerprint density at radius 3 is 2.52 bits per heavy atom. The van der Waals surface area contributed by atoms with Crippen molar-refractivity contribution in [3.8, 4) is 5.75 Å². The number of halogens is 3. The molecule has 1 aromatic heterocycles. The molecule has 1 aliphatic rings. The fraction of sp³-hybridized carbons (Fsp3) is 0.381. The number of ether oxygens (including phenoxy) is 2. The molecule has 0 amide bonds. The van der Waals surface area contributed by atoms with Gasteiger partial charge in [0.15, 0.2) is 0 Å². The minimum atomic E-state index is 0.311. The number of benzene rings is 2. The van der Waals surface area contributed by atoms with Crippen LogP contribution in [0.1, 0.15) is 12.2 Å². The quantitative estimate of drug-likeness (QED) is 0.486. The summed E-state index contributed by atoms with van der Waals surface area (Å²) in [6.45, 7) is 5.76. The molecule has 0 bridgehead atoms. The van der Waals surface area contributed by atoms with Crippen LogP contribution in [0, 0.1) is 0 Å². The number of hydrogen-bond acceptors (Lipinski definition) is 4. The third kappa shape index (κ3) is 5.16. The zero-order valence-electron chi connectivity index (χ0n) is 15.9. The van der Waals surface area contributed by atoms with Crippen molar-refractivity contribution in [1.82, 2.24) is 14.5 Å². The van der Waals surface area contributed by atoms with Gasteiger partial charge in [-0.25, -0.2) is 4.98 Å². The molecule has 2 aromatic carbocycles. The Balaban J connectivity index is 1.51. The van der Waals surface area contributed by atoms with E-state index in [1.165, 1.54) is 0 Å². The number of rotatable bonds is 7. The molecule has 1 aliphatic heterocycles. The normalized spacial score (nSPS) is 15.1. The van der Waals surface area contributed by atoms with Crippen molar-refractivity contribution in [2.24, 2.45) is 0 Å². The number of fused-ring (bicyclic) bond motifs is 1. The van der Waals surface area contributed by atoms with Crippen LogP contribution in [0.15, 0.2) is 36.4 Å². The molecule has 0 spiro atoms. The van der Waals surface area contributed by atoms with Crippen molar-refractivity contribution in [3.05, 3.63) is 57.3 Å². The van der Waals surface area contributed by atoms with Gasteiger partial charge in [0.2, 0.25) is 0 Å². The Hall–Kier alpha value is -1.50. The van der Waals surface area contributed by atoms with Gasteiger partial charge in [0, 0.05) is 36.2 Å². The third-order valence-electron chi connectivity index (χ3n) is 5.00. The zero-order chi connectivity index (χ0) is 20.2. The summed E-state index contributed by atoms with van der Waals surface area (Å²) in [5, 5.41) is 1.75. The summed E-state index contributed by atoms with van der Waals surface area (Å²) >= 11 is 18.4. The molecule has 3 aromatic rings. The maximum Gasteiger partial charge on any atom is 0.148 e. The van der Waals surface area contributed by atoms with Gasteiger partial charge >= 0.3 is 0 Å². The molecule has 1 saturated heterocycles. The number of nitrogens with zero attached hydrogens (tertiary/aromatic N) is 3. The van der Waals surface area contributed by atoms with Crippen LogP contribution in [0.4, 0.5) is 0 Å². The summed E-state index contributed by atoms with van der Waals surface area (Å²) in [6.07, 6.45) is 1.01. The fourth-order valence-electron chi connectivity index (χ4n) is 3.52. The highest BCUT2D eigenvalue weighted by Crippen LogP contribution is 2.29. The Bertz CT molecular complexity index is 987. The predicted molar refractivity (Wildman–Crippen MR) is 117 cm³/mol. The lowest BCUT2D eigenvalue weighted by atomic mass is 10.3. The summed E-state index contributed by atoms with van der Waals surface area (Å²) < 4.78 is 13.6. The van der Waals surface area contributed by atoms with Crippen LogP contribution in [0.2, 0.25) is 15.1 Å². The minimum Gasteiger partial charge on any atom is -0.484 e. The first kappa shape index (κ1) is 20.8. The van der Waals surface area contributed by atoms with Crippen molar-refractivity contribution in [2.75, 3.05) is 32.8 Å². The minimum absolute atomic E-state index is 0.311. The first-order chi connectivity index (χ1) is 14.1. The van der Waals surface area contributed by atoms with Crippen LogP contribution < -0.4 is 4.74 Å². The van der Waals surface area contributed by atoms with Crippen molar-refractivity contribution in [1.29, 1.82) is 0 Å². The van der Waals surface area contributed by atoms with Gasteiger partial charge in [-0.3, -0.25) is 4.90 Å². The summed E-state index contributed by atoms with van der Waals surface area (Å²) in [4.78, 5) is 7.19. The Kier molecular flexibility index (Phi) is 6.83. The van der Waals surface area contributed by atoms with Gasteiger partial charge in [-0.1, -0.05) is 34.8 Å². The van der Waals surface area contributed by atoms with Crippen molar-refractivity contribution in [2.45, 2.75) is 19.6 Å². The lowest BCUT2D eigenvalue weighted by Gasteiger charge is -2.26.